The Balaban J connectivity index is 3.91. The van der Waals surface area contributed by atoms with Gasteiger partial charge in [-0.3, -0.25) is 18.6 Å². The van der Waals surface area contributed by atoms with Crippen molar-refractivity contribution in [3.63, 3.8) is 0 Å². The molecule has 0 aliphatic rings. The molecule has 2 atom stereocenters. The molecule has 0 aromatic heterocycles. The van der Waals surface area contributed by atoms with Gasteiger partial charge >= 0.3 is 19.8 Å². The lowest BCUT2D eigenvalue weighted by Gasteiger charge is -2.19. The highest BCUT2D eigenvalue weighted by molar-refractivity contribution is 7.47. The molecule has 0 spiro atoms. The van der Waals surface area contributed by atoms with Crippen LogP contribution in [0.2, 0.25) is 0 Å². The normalized spacial score (nSPS) is 13.8. The largest absolute Gasteiger partial charge is 0.472 e. The zero-order chi connectivity index (χ0) is 72.9. The van der Waals surface area contributed by atoms with Gasteiger partial charge in [0.15, 0.2) is 6.10 Å². The number of phosphoric ester groups is 1. The number of nitrogens with two attached hydrogens (primary N) is 1. The van der Waals surface area contributed by atoms with Crippen molar-refractivity contribution < 1.29 is 37.6 Å². The number of ether oxygens (including phenoxy) is 2. The maximum atomic E-state index is 12.8. The molecule has 0 aromatic rings. The second-order valence-corrected chi connectivity index (χ2v) is 28.4. The Bertz CT molecular complexity index is 2330. The molecular weight excluding hydrogens is 1270 g/mol. The molecule has 0 heterocycles. The van der Waals surface area contributed by atoms with Crippen molar-refractivity contribution in [2.45, 2.75) is 354 Å². The standard InChI is InChI=1S/C91H152NO8P/c1-3-5-7-9-11-13-15-17-19-21-23-25-27-29-31-33-35-37-39-41-43-44-46-47-49-51-53-55-57-59-61-63-65-67-69-71-73-75-77-79-81-83-90(93)97-87-89(88-99-101(95,96)98-86-85-92)100-91(94)84-82-80-78-76-74-72-70-68-66-64-62-60-58-56-54-52-50-48-45-42-40-38-36-34-32-30-28-26-24-22-20-18-16-14-12-10-8-6-4-2/h6,8,12,14-15,17-18,20-21,23-24,26-27,29-30,32,36,38,42,45,50,52,56,58,62,64,68,70,74,76,89H,3-5,7,9-11,13,16,19,22,25,28,31,33-35,37,39-41,43-44,46-49,51,53-55,57,59-61,63,65-67,69,71-73,75,77-88,92H2,1-2H3,(H,95,96)/b8-6-,14-12-,17-15-,20-18-,23-21-,26-24-,29-27-,32-30-,38-36-,45-42-,52-50-,58-56-,64-62-,70-68-,76-74-. The van der Waals surface area contributed by atoms with Crippen molar-refractivity contribution in [1.82, 2.24) is 0 Å². The molecule has 0 bridgehead atoms. The average Bonchev–Trinajstić information content (AvgIpc) is 1.01. The first kappa shape index (κ1) is 96.1. The van der Waals surface area contributed by atoms with Crippen LogP contribution in [0.5, 0.6) is 0 Å². The van der Waals surface area contributed by atoms with Gasteiger partial charge in [0.05, 0.1) is 13.2 Å². The summed E-state index contributed by atoms with van der Waals surface area (Å²) in [5, 5.41) is 0. The maximum Gasteiger partial charge on any atom is 0.472 e. The predicted molar refractivity (Wildman–Crippen MR) is 440 cm³/mol. The van der Waals surface area contributed by atoms with E-state index in [1.54, 1.807) is 0 Å². The number of carbonyl (C=O) groups is 2. The van der Waals surface area contributed by atoms with E-state index in [1.807, 2.05) is 0 Å². The Morgan fingerprint density at radius 1 is 0.307 bits per heavy atom. The van der Waals surface area contributed by atoms with E-state index >= 15 is 0 Å². The molecule has 0 saturated carbocycles. The molecule has 10 heteroatoms. The Morgan fingerprint density at radius 2 is 0.545 bits per heavy atom. The van der Waals surface area contributed by atoms with Gasteiger partial charge in [0.1, 0.15) is 6.61 Å². The number of carbonyl (C=O) groups excluding carboxylic acids is 2. The number of hydrogen-bond donors (Lipinski definition) is 2. The molecule has 9 nitrogen and oxygen atoms in total. The third kappa shape index (κ3) is 83.9. The highest BCUT2D eigenvalue weighted by atomic mass is 31.2. The van der Waals surface area contributed by atoms with Crippen molar-refractivity contribution in [2.75, 3.05) is 26.4 Å². The zero-order valence-electron chi connectivity index (χ0n) is 64.8. The summed E-state index contributed by atoms with van der Waals surface area (Å²) in [5.74, 6) is -0.879. The van der Waals surface area contributed by atoms with Crippen LogP contribution >= 0.6 is 7.82 Å². The van der Waals surface area contributed by atoms with E-state index in [0.717, 1.165) is 122 Å². The SMILES string of the molecule is CC/C=C\C/C=C\C/C=C\C/C=C\C/C=C\C/C=C\C/C=C\C/C=C\C/C=C\C/C=C\C/C=C\C/C=C\CCCCC(=O)OC(COC(=O)CCCCCCCCCCCCCCCCCCCCCCCCCCCC/C=C\C/C=C\C/C=C\CCCCCCC)COP(=O)(O)OCCN. The minimum atomic E-state index is -4.42. The fourth-order valence-corrected chi connectivity index (χ4v) is 12.0. The van der Waals surface area contributed by atoms with E-state index in [0.29, 0.717) is 6.42 Å². The number of unbranched alkanes of at least 4 members (excludes halogenated alkanes) is 33. The maximum absolute atomic E-state index is 12.8. The van der Waals surface area contributed by atoms with Crippen LogP contribution in [0.3, 0.4) is 0 Å². The van der Waals surface area contributed by atoms with Crippen LogP contribution in [0.1, 0.15) is 348 Å². The summed E-state index contributed by atoms with van der Waals surface area (Å²) < 4.78 is 33.2. The van der Waals surface area contributed by atoms with E-state index in [9.17, 15) is 19.0 Å². The second-order valence-electron chi connectivity index (χ2n) is 26.9. The molecule has 3 N–H and O–H groups in total. The molecule has 0 aliphatic heterocycles. The van der Waals surface area contributed by atoms with Gasteiger partial charge in [-0.25, -0.2) is 4.57 Å². The first-order chi connectivity index (χ1) is 49.8. The van der Waals surface area contributed by atoms with Crippen LogP contribution in [-0.4, -0.2) is 49.3 Å². The summed E-state index contributed by atoms with van der Waals surface area (Å²) in [6, 6.07) is 0. The Kier molecular flexibility index (Phi) is 80.0. The number of rotatable bonds is 76. The minimum absolute atomic E-state index is 0.0386. The topological polar surface area (TPSA) is 134 Å². The summed E-state index contributed by atoms with van der Waals surface area (Å²) in [6.45, 7) is 3.58. The van der Waals surface area contributed by atoms with E-state index < -0.39 is 32.5 Å². The lowest BCUT2D eigenvalue weighted by Crippen LogP contribution is -2.29. The number of allylic oxidation sites excluding steroid dienone is 30. The van der Waals surface area contributed by atoms with E-state index in [2.05, 4.69) is 196 Å². The van der Waals surface area contributed by atoms with Gasteiger partial charge in [-0.15, -0.1) is 0 Å². The molecule has 0 aromatic carbocycles. The fourth-order valence-electron chi connectivity index (χ4n) is 11.2. The summed E-state index contributed by atoms with van der Waals surface area (Å²) in [6.07, 6.45) is 126. The van der Waals surface area contributed by atoms with Crippen molar-refractivity contribution >= 4 is 19.8 Å². The molecule has 101 heavy (non-hydrogen) atoms. The van der Waals surface area contributed by atoms with E-state index in [4.69, 9.17) is 24.3 Å². The van der Waals surface area contributed by atoms with E-state index in [1.165, 1.54) is 193 Å². The van der Waals surface area contributed by atoms with Gasteiger partial charge in [0.25, 0.3) is 0 Å². The average molecular weight is 1420 g/mol. The van der Waals surface area contributed by atoms with E-state index in [-0.39, 0.29) is 32.6 Å². The van der Waals surface area contributed by atoms with Gasteiger partial charge in [-0.1, -0.05) is 376 Å². The lowest BCUT2D eigenvalue weighted by molar-refractivity contribution is -0.161. The molecule has 0 radical (unpaired) electrons. The molecular formula is C91H152NO8P. The summed E-state index contributed by atoms with van der Waals surface area (Å²) in [4.78, 5) is 35.4. The smallest absolute Gasteiger partial charge is 0.462 e. The summed E-state index contributed by atoms with van der Waals surface area (Å²) in [7, 11) is -4.42. The van der Waals surface area contributed by atoms with Crippen LogP contribution in [0.15, 0.2) is 182 Å². The summed E-state index contributed by atoms with van der Waals surface area (Å²) in [5.41, 5.74) is 5.41. The number of esters is 2. The molecule has 0 aliphatic carbocycles. The third-order valence-electron chi connectivity index (χ3n) is 17.3. The van der Waals surface area contributed by atoms with Crippen LogP contribution in [0, 0.1) is 0 Å². The van der Waals surface area contributed by atoms with Gasteiger partial charge < -0.3 is 20.1 Å². The second kappa shape index (κ2) is 84.1. The van der Waals surface area contributed by atoms with Crippen LogP contribution < -0.4 is 5.73 Å². The molecule has 574 valence electrons. The van der Waals surface area contributed by atoms with Crippen LogP contribution in [0.4, 0.5) is 0 Å². The molecule has 2 unspecified atom stereocenters. The van der Waals surface area contributed by atoms with Gasteiger partial charge in [0.2, 0.25) is 0 Å². The summed E-state index contributed by atoms with van der Waals surface area (Å²) >= 11 is 0. The molecule has 0 amide bonds. The number of phosphoric acid groups is 1. The van der Waals surface area contributed by atoms with Gasteiger partial charge in [-0.2, -0.15) is 0 Å². The van der Waals surface area contributed by atoms with Crippen molar-refractivity contribution in [3.05, 3.63) is 182 Å². The van der Waals surface area contributed by atoms with Crippen molar-refractivity contribution in [2.24, 2.45) is 5.73 Å². The number of hydrogen-bond acceptors (Lipinski definition) is 8. The zero-order valence-corrected chi connectivity index (χ0v) is 65.7. The first-order valence-electron chi connectivity index (χ1n) is 41.3. The Hall–Kier alpha value is -4.89. The Labute approximate surface area is 622 Å². The fraction of sp³-hybridized carbons (Fsp3) is 0.648. The highest BCUT2D eigenvalue weighted by Gasteiger charge is 2.26. The van der Waals surface area contributed by atoms with Gasteiger partial charge in [0, 0.05) is 19.4 Å². The predicted octanol–water partition coefficient (Wildman–Crippen LogP) is 28.2. The molecule has 0 saturated heterocycles. The van der Waals surface area contributed by atoms with Crippen LogP contribution in [0.25, 0.3) is 0 Å². The van der Waals surface area contributed by atoms with Crippen molar-refractivity contribution in [3.8, 4) is 0 Å². The quantitative estimate of drug-likeness (QED) is 0.0264. The highest BCUT2D eigenvalue weighted by Crippen LogP contribution is 2.43. The van der Waals surface area contributed by atoms with Gasteiger partial charge in [-0.05, 0) is 141 Å². The van der Waals surface area contributed by atoms with Crippen LogP contribution in [-0.2, 0) is 32.7 Å². The minimum Gasteiger partial charge on any atom is -0.462 e. The Morgan fingerprint density at radius 3 is 0.832 bits per heavy atom. The lowest BCUT2D eigenvalue weighted by atomic mass is 10.0. The monoisotopic (exact) mass is 1420 g/mol. The van der Waals surface area contributed by atoms with Crippen molar-refractivity contribution in [1.29, 1.82) is 0 Å². The molecule has 0 fully saturated rings. The first-order valence-corrected chi connectivity index (χ1v) is 42.8. The third-order valence-corrected chi connectivity index (χ3v) is 18.3. The molecule has 0 rings (SSSR count).